The summed E-state index contributed by atoms with van der Waals surface area (Å²) in [6.07, 6.45) is 3.62. The maximum Gasteiger partial charge on any atom is 0.123 e. The van der Waals surface area contributed by atoms with Crippen LogP contribution in [0.5, 0.6) is 0 Å². The largest absolute Gasteiger partial charge is 0.306 e. The van der Waals surface area contributed by atoms with Crippen molar-refractivity contribution in [2.45, 2.75) is 38.3 Å². The molecule has 2 rings (SSSR count). The first kappa shape index (κ1) is 12.9. The van der Waals surface area contributed by atoms with Gasteiger partial charge in [0.1, 0.15) is 5.82 Å². The van der Waals surface area contributed by atoms with Crippen LogP contribution in [-0.4, -0.2) is 17.5 Å². The van der Waals surface area contributed by atoms with E-state index < -0.39 is 0 Å². The Kier molecular flexibility index (Phi) is 4.86. The van der Waals surface area contributed by atoms with Crippen LogP contribution >= 0.6 is 11.8 Å². The van der Waals surface area contributed by atoms with E-state index in [0.717, 1.165) is 6.42 Å². The molecule has 1 nitrogen and oxygen atoms in total. The molecule has 1 aliphatic rings. The standard InChI is InChI=1S/C14H20FNS/c1-2-14(11-5-7-12(15)8-6-11)16-13-4-3-9-17-10-13/h5-8,13-14,16H,2-4,9-10H2,1H3. The number of hydrogen-bond donors (Lipinski definition) is 1. The summed E-state index contributed by atoms with van der Waals surface area (Å²) in [5.41, 5.74) is 1.20. The van der Waals surface area contributed by atoms with Crippen molar-refractivity contribution >= 4 is 11.8 Å². The fraction of sp³-hybridized carbons (Fsp3) is 0.571. The molecule has 3 heteroatoms. The van der Waals surface area contributed by atoms with Crippen molar-refractivity contribution in [2.75, 3.05) is 11.5 Å². The Bertz CT molecular complexity index is 333. The molecule has 17 heavy (non-hydrogen) atoms. The van der Waals surface area contributed by atoms with Crippen molar-refractivity contribution < 1.29 is 4.39 Å². The van der Waals surface area contributed by atoms with E-state index in [4.69, 9.17) is 0 Å². The summed E-state index contributed by atoms with van der Waals surface area (Å²) in [6.45, 7) is 2.18. The average molecular weight is 253 g/mol. The molecule has 2 unspecified atom stereocenters. The lowest BCUT2D eigenvalue weighted by molar-refractivity contribution is 0.424. The highest BCUT2D eigenvalue weighted by atomic mass is 32.2. The molecule has 1 aliphatic heterocycles. The van der Waals surface area contributed by atoms with Crippen LogP contribution < -0.4 is 5.32 Å². The number of halogens is 1. The zero-order chi connectivity index (χ0) is 12.1. The van der Waals surface area contributed by atoms with Crippen molar-refractivity contribution in [3.05, 3.63) is 35.6 Å². The average Bonchev–Trinajstić information content (AvgIpc) is 2.38. The first-order valence-corrected chi connectivity index (χ1v) is 7.54. The lowest BCUT2D eigenvalue weighted by Gasteiger charge is -2.28. The van der Waals surface area contributed by atoms with Crippen molar-refractivity contribution in [1.82, 2.24) is 5.32 Å². The van der Waals surface area contributed by atoms with Gasteiger partial charge >= 0.3 is 0 Å². The van der Waals surface area contributed by atoms with E-state index in [-0.39, 0.29) is 5.82 Å². The third-order valence-corrected chi connectivity index (χ3v) is 4.49. The van der Waals surface area contributed by atoms with Crippen molar-refractivity contribution in [2.24, 2.45) is 0 Å². The van der Waals surface area contributed by atoms with E-state index in [1.165, 1.54) is 29.9 Å². The first-order valence-electron chi connectivity index (χ1n) is 6.39. The van der Waals surface area contributed by atoms with Crippen molar-refractivity contribution in [3.63, 3.8) is 0 Å². The molecule has 1 saturated heterocycles. The molecule has 94 valence electrons. The zero-order valence-electron chi connectivity index (χ0n) is 10.3. The Hall–Kier alpha value is -0.540. The van der Waals surface area contributed by atoms with Gasteiger partial charge in [0, 0.05) is 17.8 Å². The molecular formula is C14H20FNS. The zero-order valence-corrected chi connectivity index (χ0v) is 11.1. The van der Waals surface area contributed by atoms with E-state index in [1.54, 1.807) is 12.1 Å². The van der Waals surface area contributed by atoms with Gasteiger partial charge in [0.05, 0.1) is 0 Å². The van der Waals surface area contributed by atoms with Gasteiger partial charge in [-0.2, -0.15) is 11.8 Å². The van der Waals surface area contributed by atoms with Crippen molar-refractivity contribution in [3.8, 4) is 0 Å². The van der Waals surface area contributed by atoms with Gasteiger partial charge in [-0.3, -0.25) is 0 Å². The van der Waals surface area contributed by atoms with Gasteiger partial charge in [0.25, 0.3) is 0 Å². The molecule has 0 radical (unpaired) electrons. The molecule has 2 atom stereocenters. The van der Waals surface area contributed by atoms with Crippen LogP contribution in [0.3, 0.4) is 0 Å². The predicted octanol–water partition coefficient (Wildman–Crippen LogP) is 3.76. The Balaban J connectivity index is 1.97. The second-order valence-electron chi connectivity index (χ2n) is 4.59. The van der Waals surface area contributed by atoms with Gasteiger partial charge in [-0.05, 0) is 42.7 Å². The van der Waals surface area contributed by atoms with Gasteiger partial charge < -0.3 is 5.32 Å². The second kappa shape index (κ2) is 6.41. The number of rotatable bonds is 4. The number of benzene rings is 1. The third-order valence-electron chi connectivity index (χ3n) is 3.28. The smallest absolute Gasteiger partial charge is 0.123 e. The summed E-state index contributed by atoms with van der Waals surface area (Å²) >= 11 is 2.03. The van der Waals surface area contributed by atoms with Crippen LogP contribution in [-0.2, 0) is 0 Å². The second-order valence-corrected chi connectivity index (χ2v) is 5.74. The van der Waals surface area contributed by atoms with Gasteiger partial charge in [0.15, 0.2) is 0 Å². The minimum atomic E-state index is -0.156. The van der Waals surface area contributed by atoms with Gasteiger partial charge in [-0.1, -0.05) is 19.1 Å². The highest BCUT2D eigenvalue weighted by molar-refractivity contribution is 7.99. The first-order chi connectivity index (χ1) is 8.29. The number of hydrogen-bond acceptors (Lipinski definition) is 2. The van der Waals surface area contributed by atoms with Crippen LogP contribution in [0.2, 0.25) is 0 Å². The fourth-order valence-corrected chi connectivity index (χ4v) is 3.39. The molecule has 1 fully saturated rings. The highest BCUT2D eigenvalue weighted by Gasteiger charge is 2.18. The quantitative estimate of drug-likeness (QED) is 0.877. The lowest BCUT2D eigenvalue weighted by atomic mass is 10.0. The molecule has 1 aromatic rings. The van der Waals surface area contributed by atoms with Crippen LogP contribution in [0.1, 0.15) is 37.8 Å². The monoisotopic (exact) mass is 253 g/mol. The van der Waals surface area contributed by atoms with E-state index in [1.807, 2.05) is 23.9 Å². The predicted molar refractivity (Wildman–Crippen MR) is 72.9 cm³/mol. The van der Waals surface area contributed by atoms with Crippen LogP contribution in [0.4, 0.5) is 4.39 Å². The highest BCUT2D eigenvalue weighted by Crippen LogP contribution is 2.22. The molecule has 0 aromatic heterocycles. The minimum absolute atomic E-state index is 0.156. The number of nitrogens with one attached hydrogen (secondary N) is 1. The molecule has 1 aromatic carbocycles. The van der Waals surface area contributed by atoms with Crippen LogP contribution in [0.25, 0.3) is 0 Å². The topological polar surface area (TPSA) is 12.0 Å². The maximum atomic E-state index is 12.9. The van der Waals surface area contributed by atoms with Crippen LogP contribution in [0, 0.1) is 5.82 Å². The van der Waals surface area contributed by atoms with Crippen LogP contribution in [0.15, 0.2) is 24.3 Å². The summed E-state index contributed by atoms with van der Waals surface area (Å²) in [5, 5.41) is 3.70. The molecule has 0 saturated carbocycles. The maximum absolute atomic E-state index is 12.9. The summed E-state index contributed by atoms with van der Waals surface area (Å²) in [6, 6.07) is 7.87. The lowest BCUT2D eigenvalue weighted by Crippen LogP contribution is -2.36. The summed E-state index contributed by atoms with van der Waals surface area (Å²) in [5.74, 6) is 2.35. The molecule has 0 bridgehead atoms. The van der Waals surface area contributed by atoms with E-state index >= 15 is 0 Å². The Morgan fingerprint density at radius 3 is 2.76 bits per heavy atom. The van der Waals surface area contributed by atoms with Crippen molar-refractivity contribution in [1.29, 1.82) is 0 Å². The van der Waals surface area contributed by atoms with E-state index in [9.17, 15) is 4.39 Å². The molecule has 0 aliphatic carbocycles. The number of thioether (sulfide) groups is 1. The van der Waals surface area contributed by atoms with Gasteiger partial charge in [0.2, 0.25) is 0 Å². The molecule has 1 N–H and O–H groups in total. The Morgan fingerprint density at radius 1 is 1.41 bits per heavy atom. The Morgan fingerprint density at radius 2 is 2.18 bits per heavy atom. The Labute approximate surface area is 107 Å². The third kappa shape index (κ3) is 3.71. The fourth-order valence-electron chi connectivity index (χ4n) is 2.30. The van der Waals surface area contributed by atoms with E-state index in [0.29, 0.717) is 12.1 Å². The normalized spacial score (nSPS) is 22.4. The van der Waals surface area contributed by atoms with Gasteiger partial charge in [-0.15, -0.1) is 0 Å². The molecule has 0 spiro atoms. The summed E-state index contributed by atoms with van der Waals surface area (Å²) < 4.78 is 12.9. The SMILES string of the molecule is CCC(NC1CCCSC1)c1ccc(F)cc1. The molecule has 0 amide bonds. The van der Waals surface area contributed by atoms with E-state index in [2.05, 4.69) is 12.2 Å². The minimum Gasteiger partial charge on any atom is -0.306 e. The molecule has 1 heterocycles. The summed E-state index contributed by atoms with van der Waals surface area (Å²) in [7, 11) is 0. The summed E-state index contributed by atoms with van der Waals surface area (Å²) in [4.78, 5) is 0. The van der Waals surface area contributed by atoms with Gasteiger partial charge in [-0.25, -0.2) is 4.39 Å². The molecular weight excluding hydrogens is 233 g/mol.